The second-order valence-electron chi connectivity index (χ2n) is 5.11. The zero-order valence-corrected chi connectivity index (χ0v) is 15.8. The Morgan fingerprint density at radius 3 is 2.81 bits per heavy atom. The molecule has 2 aromatic carbocycles. The lowest BCUT2D eigenvalue weighted by Gasteiger charge is -2.05. The van der Waals surface area contributed by atoms with Crippen molar-refractivity contribution in [3.05, 3.63) is 62.9 Å². The van der Waals surface area contributed by atoms with Gasteiger partial charge in [-0.2, -0.15) is 0 Å². The average Bonchev–Trinajstić information content (AvgIpc) is 3.11. The van der Waals surface area contributed by atoms with Crippen molar-refractivity contribution in [1.29, 1.82) is 0 Å². The second-order valence-corrected chi connectivity index (χ2v) is 6.95. The van der Waals surface area contributed by atoms with E-state index in [1.807, 2.05) is 0 Å². The molecule has 1 heterocycles. The molecule has 0 fully saturated rings. The maximum absolute atomic E-state index is 13.7. The number of para-hydroxylation sites is 1. The number of anilines is 1. The Morgan fingerprint density at radius 2 is 2.07 bits per heavy atom. The van der Waals surface area contributed by atoms with Gasteiger partial charge in [-0.3, -0.25) is 14.9 Å². The lowest BCUT2D eigenvalue weighted by atomic mass is 10.2. The van der Waals surface area contributed by atoms with Gasteiger partial charge in [0.05, 0.1) is 16.4 Å². The highest BCUT2D eigenvalue weighted by Gasteiger charge is 2.20. The normalized spacial score (nSPS) is 10.6. The van der Waals surface area contributed by atoms with E-state index in [-0.39, 0.29) is 33.8 Å². The Hall–Kier alpha value is -2.79. The van der Waals surface area contributed by atoms with Crippen LogP contribution in [0.2, 0.25) is 0 Å². The fourth-order valence-electron chi connectivity index (χ4n) is 2.10. The van der Waals surface area contributed by atoms with E-state index in [0.29, 0.717) is 4.47 Å². The van der Waals surface area contributed by atoms with Crippen LogP contribution in [0.25, 0.3) is 11.5 Å². The van der Waals surface area contributed by atoms with E-state index in [4.69, 9.17) is 4.42 Å². The first kappa shape index (κ1) is 19.0. The fraction of sp³-hybridized carbons (Fsp3) is 0.0625. The summed E-state index contributed by atoms with van der Waals surface area (Å²) in [5, 5.41) is 21.1. The summed E-state index contributed by atoms with van der Waals surface area (Å²) < 4.78 is 19.7. The smallest absolute Gasteiger partial charge is 0.282 e. The SMILES string of the molecule is O=C(CSc1nnc(-c2ccccc2[N+](=O)[O-])o1)Nc1ccc(Br)cc1F. The largest absolute Gasteiger partial charge is 0.411 e. The summed E-state index contributed by atoms with van der Waals surface area (Å²) in [7, 11) is 0. The molecule has 0 unspecified atom stereocenters. The Bertz CT molecular complexity index is 1010. The summed E-state index contributed by atoms with van der Waals surface area (Å²) in [5.74, 6) is -1.16. The van der Waals surface area contributed by atoms with Gasteiger partial charge in [0.15, 0.2) is 0 Å². The number of amides is 1. The van der Waals surface area contributed by atoms with E-state index < -0.39 is 16.6 Å². The second kappa shape index (κ2) is 8.27. The molecule has 0 saturated carbocycles. The Morgan fingerprint density at radius 1 is 1.30 bits per heavy atom. The summed E-state index contributed by atoms with van der Waals surface area (Å²) in [4.78, 5) is 22.5. The molecule has 1 amide bonds. The van der Waals surface area contributed by atoms with Gasteiger partial charge < -0.3 is 9.73 Å². The van der Waals surface area contributed by atoms with Gasteiger partial charge >= 0.3 is 0 Å². The summed E-state index contributed by atoms with van der Waals surface area (Å²) in [5.41, 5.74) is 0.0688. The number of aromatic nitrogens is 2. The molecule has 0 radical (unpaired) electrons. The molecule has 1 N–H and O–H groups in total. The minimum absolute atomic E-state index is 0.0239. The molecule has 0 saturated heterocycles. The Balaban J connectivity index is 1.65. The third kappa shape index (κ3) is 4.68. The number of halogens is 2. The molecule has 138 valence electrons. The molecule has 0 spiro atoms. The van der Waals surface area contributed by atoms with Crippen LogP contribution in [0.3, 0.4) is 0 Å². The average molecular weight is 453 g/mol. The molecule has 8 nitrogen and oxygen atoms in total. The molecule has 3 rings (SSSR count). The lowest BCUT2D eigenvalue weighted by Crippen LogP contribution is -2.15. The molecule has 3 aromatic rings. The summed E-state index contributed by atoms with van der Waals surface area (Å²) in [6, 6.07) is 10.2. The predicted octanol–water partition coefficient (Wildman–Crippen LogP) is 4.28. The minimum atomic E-state index is -0.570. The number of benzene rings is 2. The third-order valence-corrected chi connectivity index (χ3v) is 4.58. The van der Waals surface area contributed by atoms with Gasteiger partial charge in [-0.05, 0) is 24.3 Å². The van der Waals surface area contributed by atoms with E-state index in [9.17, 15) is 19.3 Å². The van der Waals surface area contributed by atoms with Gasteiger partial charge in [0.2, 0.25) is 5.91 Å². The first-order valence-electron chi connectivity index (χ1n) is 7.39. The van der Waals surface area contributed by atoms with Crippen LogP contribution in [0.5, 0.6) is 0 Å². The van der Waals surface area contributed by atoms with Crippen LogP contribution in [0.1, 0.15) is 0 Å². The number of nitro groups is 1. The third-order valence-electron chi connectivity index (χ3n) is 3.27. The van der Waals surface area contributed by atoms with Crippen LogP contribution in [0, 0.1) is 15.9 Å². The molecule has 0 bridgehead atoms. The summed E-state index contributed by atoms with van der Waals surface area (Å²) >= 11 is 4.07. The number of carbonyl (C=O) groups excluding carboxylic acids is 1. The molecule has 0 aliphatic heterocycles. The summed E-state index contributed by atoms with van der Waals surface area (Å²) in [6.07, 6.45) is 0. The number of nitrogens with one attached hydrogen (secondary N) is 1. The van der Waals surface area contributed by atoms with Crippen LogP contribution >= 0.6 is 27.7 Å². The van der Waals surface area contributed by atoms with Crippen molar-refractivity contribution in [3.8, 4) is 11.5 Å². The van der Waals surface area contributed by atoms with Crippen molar-refractivity contribution in [2.75, 3.05) is 11.1 Å². The van der Waals surface area contributed by atoms with Gasteiger partial charge in [-0.1, -0.05) is 39.8 Å². The molecule has 11 heteroatoms. The minimum Gasteiger partial charge on any atom is -0.411 e. The van der Waals surface area contributed by atoms with Crippen LogP contribution < -0.4 is 5.32 Å². The number of hydrogen-bond acceptors (Lipinski definition) is 7. The van der Waals surface area contributed by atoms with Crippen LogP contribution in [-0.4, -0.2) is 26.8 Å². The number of nitrogens with zero attached hydrogens (tertiary/aromatic N) is 3. The Kier molecular flexibility index (Phi) is 5.81. The molecule has 0 aliphatic carbocycles. The number of thioether (sulfide) groups is 1. The number of rotatable bonds is 6. The van der Waals surface area contributed by atoms with Crippen LogP contribution in [0.15, 0.2) is 56.6 Å². The lowest BCUT2D eigenvalue weighted by molar-refractivity contribution is -0.384. The monoisotopic (exact) mass is 452 g/mol. The fourth-order valence-corrected chi connectivity index (χ4v) is 2.99. The maximum atomic E-state index is 13.7. The standard InChI is InChI=1S/C16H10BrFN4O4S/c17-9-5-6-12(11(18)7-9)19-14(23)8-27-16-21-20-15(26-16)10-3-1-2-4-13(10)22(24)25/h1-7H,8H2,(H,19,23). The van der Waals surface area contributed by atoms with Crippen molar-refractivity contribution in [2.24, 2.45) is 0 Å². The highest BCUT2D eigenvalue weighted by atomic mass is 79.9. The van der Waals surface area contributed by atoms with Crippen molar-refractivity contribution >= 4 is 45.0 Å². The predicted molar refractivity (Wildman–Crippen MR) is 99.8 cm³/mol. The number of nitro benzene ring substituents is 1. The first-order valence-corrected chi connectivity index (χ1v) is 9.17. The molecule has 1 aromatic heterocycles. The van der Waals surface area contributed by atoms with Crippen molar-refractivity contribution in [2.45, 2.75) is 5.22 Å². The quantitative estimate of drug-likeness (QED) is 0.337. The highest BCUT2D eigenvalue weighted by molar-refractivity contribution is 9.10. The van der Waals surface area contributed by atoms with Gasteiger partial charge in [-0.15, -0.1) is 10.2 Å². The van der Waals surface area contributed by atoms with E-state index >= 15 is 0 Å². The van der Waals surface area contributed by atoms with Crippen molar-refractivity contribution in [1.82, 2.24) is 10.2 Å². The first-order chi connectivity index (χ1) is 12.9. The Labute approximate surface area is 164 Å². The van der Waals surface area contributed by atoms with Gasteiger partial charge in [0, 0.05) is 10.5 Å². The highest BCUT2D eigenvalue weighted by Crippen LogP contribution is 2.30. The van der Waals surface area contributed by atoms with Gasteiger partial charge in [-0.25, -0.2) is 4.39 Å². The van der Waals surface area contributed by atoms with Crippen molar-refractivity contribution < 1.29 is 18.5 Å². The van der Waals surface area contributed by atoms with Crippen LogP contribution in [-0.2, 0) is 4.79 Å². The zero-order valence-electron chi connectivity index (χ0n) is 13.4. The summed E-state index contributed by atoms with van der Waals surface area (Å²) in [6.45, 7) is 0. The van der Waals surface area contributed by atoms with Gasteiger partial charge in [0.25, 0.3) is 16.8 Å². The van der Waals surface area contributed by atoms with Crippen LogP contribution in [0.4, 0.5) is 15.8 Å². The zero-order chi connectivity index (χ0) is 19.4. The van der Waals surface area contributed by atoms with E-state index in [0.717, 1.165) is 11.8 Å². The maximum Gasteiger partial charge on any atom is 0.282 e. The molecule has 27 heavy (non-hydrogen) atoms. The van der Waals surface area contributed by atoms with Gasteiger partial charge in [0.1, 0.15) is 11.4 Å². The van der Waals surface area contributed by atoms with E-state index in [2.05, 4.69) is 31.4 Å². The molecular weight excluding hydrogens is 443 g/mol. The number of carbonyl (C=O) groups is 1. The van der Waals surface area contributed by atoms with E-state index in [1.54, 1.807) is 12.1 Å². The molecule has 0 atom stereocenters. The van der Waals surface area contributed by atoms with E-state index in [1.165, 1.54) is 30.3 Å². The number of hydrogen-bond donors (Lipinski definition) is 1. The van der Waals surface area contributed by atoms with Crippen molar-refractivity contribution in [3.63, 3.8) is 0 Å². The topological polar surface area (TPSA) is 111 Å². The molecular formula is C16H10BrFN4O4S. The molecule has 0 aliphatic rings.